The molecule has 0 aliphatic carbocycles. The van der Waals surface area contributed by atoms with E-state index >= 15 is 0 Å². The van der Waals surface area contributed by atoms with Crippen LogP contribution in [0.2, 0.25) is 0 Å². The summed E-state index contributed by atoms with van der Waals surface area (Å²) in [6.45, 7) is 9.49. The number of alkyl carbamates (subject to hydrolysis) is 1. The summed E-state index contributed by atoms with van der Waals surface area (Å²) in [6.07, 6.45) is -0.461. The number of aromatic amines is 1. The molecule has 5 heteroatoms. The zero-order valence-electron chi connectivity index (χ0n) is 11.5. The molecule has 0 aromatic carbocycles. The summed E-state index contributed by atoms with van der Waals surface area (Å²) in [7, 11) is 0. The van der Waals surface area contributed by atoms with Crippen LogP contribution in [0.5, 0.6) is 0 Å². The molecule has 0 spiro atoms. The molecule has 5 nitrogen and oxygen atoms in total. The van der Waals surface area contributed by atoms with Gasteiger partial charge in [-0.3, -0.25) is 5.10 Å². The molecule has 98 valence electrons. The number of aryl methyl sites for hydroxylation is 2. The Morgan fingerprint density at radius 1 is 1.44 bits per heavy atom. The van der Waals surface area contributed by atoms with Gasteiger partial charge in [0.05, 0.1) is 17.8 Å². The van der Waals surface area contributed by atoms with Crippen LogP contribution < -0.4 is 5.32 Å². The van der Waals surface area contributed by atoms with Crippen molar-refractivity contribution in [3.8, 4) is 11.8 Å². The molecule has 0 fully saturated rings. The van der Waals surface area contributed by atoms with Crippen LogP contribution in [0, 0.1) is 25.7 Å². The average molecular weight is 249 g/mol. The standard InChI is InChI=1S/C13H19N3O2/c1-9-11(10(2)16-15-9)7-6-8-14-12(17)18-13(3,4)5/h8H2,1-5H3,(H,14,17)(H,15,16). The van der Waals surface area contributed by atoms with Gasteiger partial charge in [0.2, 0.25) is 0 Å². The van der Waals surface area contributed by atoms with Crippen LogP contribution in [-0.2, 0) is 4.74 Å². The van der Waals surface area contributed by atoms with Crippen LogP contribution in [0.15, 0.2) is 0 Å². The number of ether oxygens (including phenoxy) is 1. The lowest BCUT2D eigenvalue weighted by molar-refractivity contribution is 0.0535. The van der Waals surface area contributed by atoms with E-state index in [0.29, 0.717) is 0 Å². The molecule has 0 radical (unpaired) electrons. The minimum atomic E-state index is -0.491. The third-order valence-corrected chi connectivity index (χ3v) is 2.06. The first kappa shape index (κ1) is 14.1. The average Bonchev–Trinajstić information content (AvgIpc) is 2.52. The molecule has 1 amide bonds. The highest BCUT2D eigenvalue weighted by Crippen LogP contribution is 2.07. The van der Waals surface area contributed by atoms with Gasteiger partial charge in [-0.05, 0) is 34.6 Å². The molecule has 0 aliphatic rings. The molecule has 0 unspecified atom stereocenters. The number of nitrogens with zero attached hydrogens (tertiary/aromatic N) is 1. The maximum Gasteiger partial charge on any atom is 0.408 e. The highest BCUT2D eigenvalue weighted by molar-refractivity contribution is 5.68. The molecule has 0 saturated heterocycles. The van der Waals surface area contributed by atoms with Crippen LogP contribution in [-0.4, -0.2) is 28.4 Å². The maximum absolute atomic E-state index is 11.3. The molecular weight excluding hydrogens is 230 g/mol. The molecule has 1 aromatic heterocycles. The van der Waals surface area contributed by atoms with Crippen molar-refractivity contribution in [2.75, 3.05) is 6.54 Å². The Labute approximate surface area is 107 Å². The minimum Gasteiger partial charge on any atom is -0.444 e. The highest BCUT2D eigenvalue weighted by atomic mass is 16.6. The fraction of sp³-hybridized carbons (Fsp3) is 0.538. The minimum absolute atomic E-state index is 0.249. The van der Waals surface area contributed by atoms with E-state index in [1.807, 2.05) is 34.6 Å². The molecule has 1 aromatic rings. The van der Waals surface area contributed by atoms with E-state index in [2.05, 4.69) is 27.4 Å². The molecule has 2 N–H and O–H groups in total. The highest BCUT2D eigenvalue weighted by Gasteiger charge is 2.15. The largest absolute Gasteiger partial charge is 0.444 e. The van der Waals surface area contributed by atoms with Gasteiger partial charge in [-0.1, -0.05) is 11.8 Å². The predicted molar refractivity (Wildman–Crippen MR) is 69.2 cm³/mol. The van der Waals surface area contributed by atoms with Gasteiger partial charge in [-0.25, -0.2) is 4.79 Å². The first-order chi connectivity index (χ1) is 8.29. The van der Waals surface area contributed by atoms with Gasteiger partial charge in [-0.15, -0.1) is 0 Å². The fourth-order valence-corrected chi connectivity index (χ4v) is 1.30. The normalized spacial score (nSPS) is 10.5. The van der Waals surface area contributed by atoms with Gasteiger partial charge < -0.3 is 10.1 Å². The Hall–Kier alpha value is -1.96. The van der Waals surface area contributed by atoms with E-state index in [9.17, 15) is 4.79 Å². The van der Waals surface area contributed by atoms with Crippen molar-refractivity contribution >= 4 is 6.09 Å². The molecule has 1 heterocycles. The molecular formula is C13H19N3O2. The second-order valence-corrected chi connectivity index (χ2v) is 4.97. The second-order valence-electron chi connectivity index (χ2n) is 4.97. The van der Waals surface area contributed by atoms with Crippen molar-refractivity contribution in [2.24, 2.45) is 0 Å². The zero-order valence-corrected chi connectivity index (χ0v) is 11.5. The van der Waals surface area contributed by atoms with Crippen molar-refractivity contribution < 1.29 is 9.53 Å². The summed E-state index contributed by atoms with van der Waals surface area (Å²) in [6, 6.07) is 0. The maximum atomic E-state index is 11.3. The first-order valence-electron chi connectivity index (χ1n) is 5.77. The third kappa shape index (κ3) is 4.50. The van der Waals surface area contributed by atoms with Crippen molar-refractivity contribution in [1.29, 1.82) is 0 Å². The number of rotatable bonds is 1. The van der Waals surface area contributed by atoms with Gasteiger partial charge in [0.1, 0.15) is 5.60 Å². The Balaban J connectivity index is 2.46. The van der Waals surface area contributed by atoms with Gasteiger partial charge in [0, 0.05) is 5.69 Å². The lowest BCUT2D eigenvalue weighted by Gasteiger charge is -2.18. The number of hydrogen-bond acceptors (Lipinski definition) is 3. The Morgan fingerprint density at radius 3 is 2.61 bits per heavy atom. The smallest absolute Gasteiger partial charge is 0.408 e. The Morgan fingerprint density at radius 2 is 2.11 bits per heavy atom. The van der Waals surface area contributed by atoms with Gasteiger partial charge in [0.15, 0.2) is 0 Å². The van der Waals surface area contributed by atoms with Crippen LogP contribution in [0.1, 0.15) is 37.7 Å². The van der Waals surface area contributed by atoms with Crippen LogP contribution in [0.3, 0.4) is 0 Å². The monoisotopic (exact) mass is 249 g/mol. The summed E-state index contributed by atoms with van der Waals surface area (Å²) >= 11 is 0. The summed E-state index contributed by atoms with van der Waals surface area (Å²) in [5, 5.41) is 9.47. The van der Waals surface area contributed by atoms with E-state index in [0.717, 1.165) is 17.0 Å². The number of aromatic nitrogens is 2. The number of nitrogens with one attached hydrogen (secondary N) is 2. The zero-order chi connectivity index (χ0) is 13.8. The van der Waals surface area contributed by atoms with Crippen molar-refractivity contribution in [3.05, 3.63) is 17.0 Å². The second kappa shape index (κ2) is 5.58. The van der Waals surface area contributed by atoms with Crippen molar-refractivity contribution in [3.63, 3.8) is 0 Å². The third-order valence-electron chi connectivity index (χ3n) is 2.06. The summed E-state index contributed by atoms with van der Waals surface area (Å²) in [4.78, 5) is 11.3. The van der Waals surface area contributed by atoms with Crippen molar-refractivity contribution in [1.82, 2.24) is 15.5 Å². The summed E-state index contributed by atoms with van der Waals surface area (Å²) in [5.41, 5.74) is 2.17. The lowest BCUT2D eigenvalue weighted by atomic mass is 10.2. The van der Waals surface area contributed by atoms with Crippen LogP contribution in [0.25, 0.3) is 0 Å². The Bertz CT molecular complexity index is 467. The van der Waals surface area contributed by atoms with Crippen LogP contribution in [0.4, 0.5) is 4.79 Å². The van der Waals surface area contributed by atoms with E-state index in [1.165, 1.54) is 0 Å². The van der Waals surface area contributed by atoms with Crippen molar-refractivity contribution in [2.45, 2.75) is 40.2 Å². The first-order valence-corrected chi connectivity index (χ1v) is 5.77. The molecule has 0 saturated carbocycles. The molecule has 0 atom stereocenters. The van der Waals surface area contributed by atoms with E-state index in [1.54, 1.807) is 0 Å². The van der Waals surface area contributed by atoms with Gasteiger partial charge in [0.25, 0.3) is 0 Å². The number of carbonyl (C=O) groups is 1. The lowest BCUT2D eigenvalue weighted by Crippen LogP contribution is -2.32. The van der Waals surface area contributed by atoms with E-state index in [-0.39, 0.29) is 6.54 Å². The Kier molecular flexibility index (Phi) is 4.38. The quantitative estimate of drug-likeness (QED) is 0.747. The molecule has 0 aliphatic heterocycles. The molecule has 1 rings (SSSR count). The van der Waals surface area contributed by atoms with Gasteiger partial charge in [-0.2, -0.15) is 5.10 Å². The number of carbonyl (C=O) groups excluding carboxylic acids is 1. The topological polar surface area (TPSA) is 67.0 Å². The van der Waals surface area contributed by atoms with Gasteiger partial charge >= 0.3 is 6.09 Å². The predicted octanol–water partition coefficient (Wildman–Crippen LogP) is 1.90. The SMILES string of the molecule is Cc1n[nH]c(C)c1C#CCNC(=O)OC(C)(C)C. The number of H-pyrrole nitrogens is 1. The fourth-order valence-electron chi connectivity index (χ4n) is 1.30. The molecule has 18 heavy (non-hydrogen) atoms. The van der Waals surface area contributed by atoms with E-state index < -0.39 is 11.7 Å². The number of hydrogen-bond donors (Lipinski definition) is 2. The number of amides is 1. The van der Waals surface area contributed by atoms with Crippen LogP contribution >= 0.6 is 0 Å². The molecule has 0 bridgehead atoms. The summed E-state index contributed by atoms with van der Waals surface area (Å²) < 4.78 is 5.09. The summed E-state index contributed by atoms with van der Waals surface area (Å²) in [5.74, 6) is 5.83. The van der Waals surface area contributed by atoms with E-state index in [4.69, 9.17) is 4.74 Å².